The third kappa shape index (κ3) is 3.66. The number of imidazole rings is 1. The molecule has 32 heavy (non-hydrogen) atoms. The summed E-state index contributed by atoms with van der Waals surface area (Å²) in [4.78, 5) is 20.8. The van der Waals surface area contributed by atoms with Crippen molar-refractivity contribution >= 4 is 68.4 Å². The van der Waals surface area contributed by atoms with Crippen LogP contribution >= 0.6 is 23.2 Å². The van der Waals surface area contributed by atoms with Crippen molar-refractivity contribution in [2.75, 3.05) is 10.6 Å². The van der Waals surface area contributed by atoms with Crippen molar-refractivity contribution in [3.05, 3.63) is 81.8 Å². The molecule has 0 aliphatic heterocycles. The molecule has 3 aromatic carbocycles. The molecule has 2 aromatic heterocycles. The number of nitrogens with one attached hydrogen (secondary N) is 3. The summed E-state index contributed by atoms with van der Waals surface area (Å²) < 4.78 is 19.0. The van der Waals surface area contributed by atoms with Gasteiger partial charge in [-0.1, -0.05) is 29.3 Å². The minimum Gasteiger partial charge on any atom is -0.460 e. The highest BCUT2D eigenvalue weighted by Crippen LogP contribution is 2.35. The van der Waals surface area contributed by atoms with Crippen LogP contribution in [0.25, 0.3) is 22.0 Å². The van der Waals surface area contributed by atoms with Gasteiger partial charge in [-0.3, -0.25) is 4.79 Å². The third-order valence-electron chi connectivity index (χ3n) is 4.93. The lowest BCUT2D eigenvalue weighted by Gasteiger charge is -2.07. The Morgan fingerprint density at radius 1 is 1.09 bits per heavy atom. The summed E-state index contributed by atoms with van der Waals surface area (Å²) in [6, 6.07) is 14.2. The van der Waals surface area contributed by atoms with Gasteiger partial charge in [0.05, 0.1) is 26.8 Å². The normalized spacial score (nSPS) is 11.2. The number of anilines is 3. The van der Waals surface area contributed by atoms with E-state index in [-0.39, 0.29) is 5.82 Å². The van der Waals surface area contributed by atoms with E-state index in [0.717, 1.165) is 0 Å². The second kappa shape index (κ2) is 7.85. The van der Waals surface area contributed by atoms with Crippen molar-refractivity contribution in [1.29, 1.82) is 0 Å². The zero-order valence-corrected chi connectivity index (χ0v) is 18.1. The number of aromatic amines is 1. The van der Waals surface area contributed by atoms with Crippen LogP contribution in [0.15, 0.2) is 59.0 Å². The Labute approximate surface area is 191 Å². The molecule has 0 saturated heterocycles. The lowest BCUT2D eigenvalue weighted by atomic mass is 10.1. The smallest absolute Gasteiger partial charge is 0.259 e. The van der Waals surface area contributed by atoms with Gasteiger partial charge in [0.1, 0.15) is 22.7 Å². The second-order valence-electron chi connectivity index (χ2n) is 7.19. The first-order valence-corrected chi connectivity index (χ1v) is 10.4. The number of carbonyl (C=O) groups excluding carboxylic acids is 1. The molecule has 0 fully saturated rings. The maximum atomic E-state index is 13.2. The van der Waals surface area contributed by atoms with Gasteiger partial charge in [-0.2, -0.15) is 0 Å². The number of furan rings is 1. The molecule has 0 atom stereocenters. The summed E-state index contributed by atoms with van der Waals surface area (Å²) in [6.45, 7) is 1.79. The number of nitrogens with zero attached hydrogens (tertiary/aromatic N) is 1. The topological polar surface area (TPSA) is 83.0 Å². The molecule has 0 aliphatic rings. The van der Waals surface area contributed by atoms with Crippen LogP contribution in [0.4, 0.5) is 21.7 Å². The SMILES string of the molecule is Cc1cc2c(o1)c(C(=O)Nc1ccc(F)cc1)cc1[nH]c(Nc3c(Cl)cccc3Cl)nc12. The average Bonchev–Trinajstić information content (AvgIpc) is 3.34. The number of H-pyrrole nitrogens is 1. The van der Waals surface area contributed by atoms with Crippen LogP contribution in [0.5, 0.6) is 0 Å². The van der Waals surface area contributed by atoms with Gasteiger partial charge in [-0.05, 0) is 55.5 Å². The maximum absolute atomic E-state index is 13.2. The first kappa shape index (κ1) is 20.4. The van der Waals surface area contributed by atoms with E-state index in [1.54, 1.807) is 31.2 Å². The number of amides is 1. The lowest BCUT2D eigenvalue weighted by Crippen LogP contribution is -2.12. The number of aromatic nitrogens is 2. The summed E-state index contributed by atoms with van der Waals surface area (Å²) in [5.41, 5.74) is 2.95. The van der Waals surface area contributed by atoms with Crippen molar-refractivity contribution in [3.63, 3.8) is 0 Å². The molecule has 0 aliphatic carbocycles. The number of carbonyl (C=O) groups is 1. The van der Waals surface area contributed by atoms with Gasteiger partial charge in [0.25, 0.3) is 5.91 Å². The van der Waals surface area contributed by atoms with E-state index in [4.69, 9.17) is 27.6 Å². The zero-order valence-electron chi connectivity index (χ0n) is 16.6. The molecular weight excluding hydrogens is 454 g/mol. The molecule has 5 rings (SSSR count). The quantitative estimate of drug-likeness (QED) is 0.263. The van der Waals surface area contributed by atoms with E-state index in [1.165, 1.54) is 24.3 Å². The molecular formula is C23H15Cl2FN4O2. The highest BCUT2D eigenvalue weighted by Gasteiger charge is 2.20. The van der Waals surface area contributed by atoms with Gasteiger partial charge in [-0.25, -0.2) is 9.37 Å². The standard InChI is InChI=1S/C23H15Cl2FN4O2/c1-11-9-14-19-18(28-23(29-19)30-20-16(24)3-2-4-17(20)25)10-15(21(14)32-11)22(31)27-13-7-5-12(26)6-8-13/h2-10H,1H3,(H,27,31)(H2,28,29,30). The van der Waals surface area contributed by atoms with Gasteiger partial charge in [-0.15, -0.1) is 0 Å². The van der Waals surface area contributed by atoms with E-state index in [0.29, 0.717) is 60.7 Å². The minimum atomic E-state index is -0.392. The fourth-order valence-electron chi connectivity index (χ4n) is 3.49. The molecule has 0 spiro atoms. The largest absolute Gasteiger partial charge is 0.460 e. The number of rotatable bonds is 4. The van der Waals surface area contributed by atoms with E-state index in [1.807, 2.05) is 6.07 Å². The van der Waals surface area contributed by atoms with E-state index in [9.17, 15) is 9.18 Å². The van der Waals surface area contributed by atoms with E-state index >= 15 is 0 Å². The Morgan fingerprint density at radius 2 is 1.81 bits per heavy atom. The van der Waals surface area contributed by atoms with Gasteiger partial charge < -0.3 is 20.0 Å². The first-order valence-electron chi connectivity index (χ1n) is 9.60. The molecule has 0 bridgehead atoms. The van der Waals surface area contributed by atoms with Crippen LogP contribution in [0.1, 0.15) is 16.1 Å². The number of hydrogen-bond acceptors (Lipinski definition) is 4. The highest BCUT2D eigenvalue weighted by atomic mass is 35.5. The molecule has 2 heterocycles. The van der Waals surface area contributed by atoms with Crippen molar-refractivity contribution in [3.8, 4) is 0 Å². The Hall–Kier alpha value is -3.55. The highest BCUT2D eigenvalue weighted by molar-refractivity contribution is 6.39. The summed E-state index contributed by atoms with van der Waals surface area (Å²) in [5.74, 6) is 0.266. The Balaban J connectivity index is 1.58. The van der Waals surface area contributed by atoms with E-state index in [2.05, 4.69) is 20.6 Å². The van der Waals surface area contributed by atoms with Crippen molar-refractivity contribution in [1.82, 2.24) is 9.97 Å². The minimum absolute atomic E-state index is 0.316. The van der Waals surface area contributed by atoms with Crippen molar-refractivity contribution in [2.45, 2.75) is 6.92 Å². The molecule has 1 amide bonds. The van der Waals surface area contributed by atoms with Gasteiger partial charge in [0.15, 0.2) is 0 Å². The van der Waals surface area contributed by atoms with Crippen LogP contribution < -0.4 is 10.6 Å². The number of para-hydroxylation sites is 1. The van der Waals surface area contributed by atoms with Crippen LogP contribution in [-0.4, -0.2) is 15.9 Å². The predicted molar refractivity (Wildman–Crippen MR) is 125 cm³/mol. The fourth-order valence-corrected chi connectivity index (χ4v) is 3.98. The maximum Gasteiger partial charge on any atom is 0.259 e. The monoisotopic (exact) mass is 468 g/mol. The number of benzene rings is 3. The second-order valence-corrected chi connectivity index (χ2v) is 8.00. The lowest BCUT2D eigenvalue weighted by molar-refractivity contribution is 0.102. The van der Waals surface area contributed by atoms with Gasteiger partial charge in [0, 0.05) is 11.1 Å². The van der Waals surface area contributed by atoms with Gasteiger partial charge >= 0.3 is 0 Å². The summed E-state index contributed by atoms with van der Waals surface area (Å²) in [5, 5.41) is 7.43. The van der Waals surface area contributed by atoms with Crippen molar-refractivity contribution < 1.29 is 13.6 Å². The molecule has 3 N–H and O–H groups in total. The van der Waals surface area contributed by atoms with Crippen LogP contribution in [0.2, 0.25) is 10.0 Å². The Bertz CT molecular complexity index is 1470. The molecule has 0 unspecified atom stereocenters. The molecule has 5 aromatic rings. The average molecular weight is 469 g/mol. The van der Waals surface area contributed by atoms with Crippen LogP contribution in [0, 0.1) is 12.7 Å². The molecule has 0 radical (unpaired) electrons. The van der Waals surface area contributed by atoms with Gasteiger partial charge in [0.2, 0.25) is 5.95 Å². The third-order valence-corrected chi connectivity index (χ3v) is 5.56. The van der Waals surface area contributed by atoms with Crippen molar-refractivity contribution in [2.24, 2.45) is 0 Å². The Kier molecular flexibility index (Phi) is 5.00. The van der Waals surface area contributed by atoms with E-state index < -0.39 is 5.91 Å². The Morgan fingerprint density at radius 3 is 2.53 bits per heavy atom. The number of fused-ring (bicyclic) bond motifs is 3. The number of halogens is 3. The summed E-state index contributed by atoms with van der Waals surface area (Å²) in [6.07, 6.45) is 0. The predicted octanol–water partition coefficient (Wildman–Crippen LogP) is 7.06. The zero-order chi connectivity index (χ0) is 22.4. The van der Waals surface area contributed by atoms with Crippen LogP contribution in [0.3, 0.4) is 0 Å². The number of hydrogen-bond donors (Lipinski definition) is 3. The fraction of sp³-hybridized carbons (Fsp3) is 0.0435. The molecule has 0 saturated carbocycles. The molecule has 6 nitrogen and oxygen atoms in total. The van der Waals surface area contributed by atoms with Crippen LogP contribution in [-0.2, 0) is 0 Å². The summed E-state index contributed by atoms with van der Waals surface area (Å²) in [7, 11) is 0. The molecule has 160 valence electrons. The first-order chi connectivity index (χ1) is 15.4. The summed E-state index contributed by atoms with van der Waals surface area (Å²) >= 11 is 12.5. The molecule has 9 heteroatoms. The number of aryl methyl sites for hydroxylation is 1.